The van der Waals surface area contributed by atoms with Crippen LogP contribution < -0.4 is 15.2 Å². The van der Waals surface area contributed by atoms with Crippen LogP contribution >= 0.6 is 0 Å². The summed E-state index contributed by atoms with van der Waals surface area (Å²) in [5, 5.41) is 0. The van der Waals surface area contributed by atoms with Gasteiger partial charge in [0, 0.05) is 18.2 Å². The number of nitrogens with two attached hydrogens (primary N) is 1. The quantitative estimate of drug-likeness (QED) is 0.849. The van der Waals surface area contributed by atoms with Crippen molar-refractivity contribution in [3.8, 4) is 11.5 Å². The third-order valence-corrected chi connectivity index (χ3v) is 3.09. The summed E-state index contributed by atoms with van der Waals surface area (Å²) in [5.41, 5.74) is 6.74. The van der Waals surface area contributed by atoms with Gasteiger partial charge in [0.1, 0.15) is 11.5 Å². The Bertz CT molecular complexity index is 346. The molecule has 1 aliphatic carbocycles. The molecule has 0 aromatic heterocycles. The smallest absolute Gasteiger partial charge is 0.127 e. The molecule has 0 unspecified atom stereocenters. The largest absolute Gasteiger partial charge is 0.497 e. The van der Waals surface area contributed by atoms with Crippen LogP contribution in [0.3, 0.4) is 0 Å². The van der Waals surface area contributed by atoms with Gasteiger partial charge in [-0.05, 0) is 31.7 Å². The van der Waals surface area contributed by atoms with Crippen molar-refractivity contribution in [1.82, 2.24) is 0 Å². The third-order valence-electron chi connectivity index (χ3n) is 3.09. The van der Waals surface area contributed by atoms with Crippen molar-refractivity contribution >= 4 is 0 Å². The predicted octanol–water partition coefficient (Wildman–Crippen LogP) is 2.48. The average Bonchev–Trinajstić information content (AvgIpc) is 2.82. The van der Waals surface area contributed by atoms with E-state index in [-0.39, 0.29) is 0 Å². The fourth-order valence-corrected chi connectivity index (χ4v) is 2.13. The molecular formula is C13H19NO2. The van der Waals surface area contributed by atoms with Crippen molar-refractivity contribution in [2.45, 2.75) is 38.3 Å². The molecule has 0 atom stereocenters. The molecule has 16 heavy (non-hydrogen) atoms. The van der Waals surface area contributed by atoms with Crippen molar-refractivity contribution < 1.29 is 9.47 Å². The number of hydrogen-bond donors (Lipinski definition) is 1. The molecule has 0 heterocycles. The fraction of sp³-hybridized carbons (Fsp3) is 0.538. The molecule has 0 amide bonds. The molecule has 1 saturated carbocycles. The minimum atomic E-state index is 0.359. The number of ether oxygens (including phenoxy) is 2. The molecule has 2 rings (SSSR count). The van der Waals surface area contributed by atoms with E-state index in [9.17, 15) is 0 Å². The molecule has 0 aliphatic heterocycles. The minimum absolute atomic E-state index is 0.359. The molecule has 0 saturated heterocycles. The van der Waals surface area contributed by atoms with Gasteiger partial charge in [0.25, 0.3) is 0 Å². The van der Waals surface area contributed by atoms with Crippen LogP contribution in [-0.4, -0.2) is 13.2 Å². The predicted molar refractivity (Wildman–Crippen MR) is 63.8 cm³/mol. The second kappa shape index (κ2) is 5.21. The van der Waals surface area contributed by atoms with Crippen LogP contribution in [0.5, 0.6) is 11.5 Å². The van der Waals surface area contributed by atoms with E-state index in [1.165, 1.54) is 12.8 Å². The van der Waals surface area contributed by atoms with Gasteiger partial charge in [-0.3, -0.25) is 0 Å². The Kier molecular flexibility index (Phi) is 3.67. The van der Waals surface area contributed by atoms with Gasteiger partial charge in [-0.1, -0.05) is 6.07 Å². The van der Waals surface area contributed by atoms with E-state index in [1.54, 1.807) is 7.11 Å². The van der Waals surface area contributed by atoms with E-state index in [0.717, 1.165) is 29.9 Å². The molecular weight excluding hydrogens is 202 g/mol. The highest BCUT2D eigenvalue weighted by Gasteiger charge is 2.17. The van der Waals surface area contributed by atoms with E-state index in [1.807, 2.05) is 18.2 Å². The molecule has 3 nitrogen and oxygen atoms in total. The zero-order valence-corrected chi connectivity index (χ0v) is 9.74. The van der Waals surface area contributed by atoms with Gasteiger partial charge < -0.3 is 15.2 Å². The number of benzene rings is 1. The Balaban J connectivity index is 2.15. The van der Waals surface area contributed by atoms with E-state index < -0.39 is 0 Å². The summed E-state index contributed by atoms with van der Waals surface area (Å²) < 4.78 is 11.2. The van der Waals surface area contributed by atoms with Gasteiger partial charge in [-0.2, -0.15) is 0 Å². The van der Waals surface area contributed by atoms with E-state index in [4.69, 9.17) is 15.2 Å². The van der Waals surface area contributed by atoms with Gasteiger partial charge in [0.15, 0.2) is 0 Å². The Morgan fingerprint density at radius 1 is 1.31 bits per heavy atom. The molecule has 2 N–H and O–H groups in total. The molecule has 1 aromatic carbocycles. The average molecular weight is 221 g/mol. The third kappa shape index (κ3) is 2.47. The molecule has 0 radical (unpaired) electrons. The number of methoxy groups -OCH3 is 1. The summed E-state index contributed by atoms with van der Waals surface area (Å²) in [6.45, 7) is 0.506. The van der Waals surface area contributed by atoms with E-state index in [2.05, 4.69) is 0 Å². The topological polar surface area (TPSA) is 44.5 Å². The summed E-state index contributed by atoms with van der Waals surface area (Å²) >= 11 is 0. The standard InChI is InChI=1S/C13H19NO2/c1-15-12-7-6-10(9-14)13(8-12)16-11-4-2-3-5-11/h6-8,11H,2-5,9,14H2,1H3. The molecule has 88 valence electrons. The van der Waals surface area contributed by atoms with E-state index in [0.29, 0.717) is 12.6 Å². The monoisotopic (exact) mass is 221 g/mol. The zero-order chi connectivity index (χ0) is 11.4. The lowest BCUT2D eigenvalue weighted by molar-refractivity contribution is 0.207. The SMILES string of the molecule is COc1ccc(CN)c(OC2CCCC2)c1. The number of rotatable bonds is 4. The lowest BCUT2D eigenvalue weighted by atomic mass is 10.2. The van der Waals surface area contributed by atoms with Crippen LogP contribution in [0, 0.1) is 0 Å². The maximum atomic E-state index is 5.98. The maximum Gasteiger partial charge on any atom is 0.127 e. The zero-order valence-electron chi connectivity index (χ0n) is 9.74. The molecule has 1 fully saturated rings. The van der Waals surface area contributed by atoms with Crippen molar-refractivity contribution in [1.29, 1.82) is 0 Å². The lowest BCUT2D eigenvalue weighted by Crippen LogP contribution is -2.13. The van der Waals surface area contributed by atoms with Gasteiger partial charge in [0.05, 0.1) is 13.2 Å². The minimum Gasteiger partial charge on any atom is -0.497 e. The van der Waals surface area contributed by atoms with Crippen LogP contribution in [0.4, 0.5) is 0 Å². The van der Waals surface area contributed by atoms with Crippen LogP contribution in [0.15, 0.2) is 18.2 Å². The highest BCUT2D eigenvalue weighted by molar-refractivity contribution is 5.40. The Morgan fingerprint density at radius 2 is 2.06 bits per heavy atom. The fourth-order valence-electron chi connectivity index (χ4n) is 2.13. The van der Waals surface area contributed by atoms with Gasteiger partial charge in [-0.15, -0.1) is 0 Å². The van der Waals surface area contributed by atoms with Crippen LogP contribution in [-0.2, 0) is 6.54 Å². The van der Waals surface area contributed by atoms with Crippen LogP contribution in [0.25, 0.3) is 0 Å². The Labute approximate surface area is 96.5 Å². The summed E-state index contributed by atoms with van der Waals surface area (Å²) in [7, 11) is 1.66. The summed E-state index contributed by atoms with van der Waals surface area (Å²) in [4.78, 5) is 0. The van der Waals surface area contributed by atoms with E-state index >= 15 is 0 Å². The van der Waals surface area contributed by atoms with Crippen molar-refractivity contribution in [2.75, 3.05) is 7.11 Å². The highest BCUT2D eigenvalue weighted by atomic mass is 16.5. The first kappa shape index (κ1) is 11.3. The van der Waals surface area contributed by atoms with Crippen LogP contribution in [0.2, 0.25) is 0 Å². The summed E-state index contributed by atoms with van der Waals surface area (Å²) in [6.07, 6.45) is 5.21. The maximum absolute atomic E-state index is 5.98. The van der Waals surface area contributed by atoms with Crippen molar-refractivity contribution in [3.63, 3.8) is 0 Å². The van der Waals surface area contributed by atoms with Crippen molar-refractivity contribution in [3.05, 3.63) is 23.8 Å². The number of hydrogen-bond acceptors (Lipinski definition) is 3. The van der Waals surface area contributed by atoms with Crippen LogP contribution in [0.1, 0.15) is 31.2 Å². The molecule has 1 aromatic rings. The highest BCUT2D eigenvalue weighted by Crippen LogP contribution is 2.29. The molecule has 0 spiro atoms. The lowest BCUT2D eigenvalue weighted by Gasteiger charge is -2.16. The van der Waals surface area contributed by atoms with Crippen molar-refractivity contribution in [2.24, 2.45) is 5.73 Å². The summed E-state index contributed by atoms with van der Waals surface area (Å²) in [6, 6.07) is 5.83. The van der Waals surface area contributed by atoms with Gasteiger partial charge in [-0.25, -0.2) is 0 Å². The first-order valence-corrected chi connectivity index (χ1v) is 5.87. The Morgan fingerprint density at radius 3 is 2.69 bits per heavy atom. The Hall–Kier alpha value is -1.22. The molecule has 1 aliphatic rings. The summed E-state index contributed by atoms with van der Waals surface area (Å²) in [5.74, 6) is 1.71. The normalized spacial score (nSPS) is 16.4. The first-order chi connectivity index (χ1) is 7.83. The molecule has 3 heteroatoms. The second-order valence-corrected chi connectivity index (χ2v) is 4.20. The van der Waals surface area contributed by atoms with Gasteiger partial charge in [0.2, 0.25) is 0 Å². The first-order valence-electron chi connectivity index (χ1n) is 5.87. The molecule has 0 bridgehead atoms. The van der Waals surface area contributed by atoms with Gasteiger partial charge >= 0.3 is 0 Å². The second-order valence-electron chi connectivity index (χ2n) is 4.20.